The molecule has 0 radical (unpaired) electrons. The summed E-state index contributed by atoms with van der Waals surface area (Å²) < 4.78 is 3.19. The van der Waals surface area contributed by atoms with Crippen molar-refractivity contribution in [1.29, 1.82) is 0 Å². The van der Waals surface area contributed by atoms with Crippen LogP contribution in [0.15, 0.2) is 89.3 Å². The number of nitrogens with zero attached hydrogens (tertiary/aromatic N) is 4. The molecule has 2 aromatic carbocycles. The number of fused-ring (bicyclic) bond motifs is 1. The van der Waals surface area contributed by atoms with Gasteiger partial charge in [0.05, 0.1) is 11.4 Å². The normalized spacial score (nSPS) is 12.0. The van der Waals surface area contributed by atoms with E-state index in [-0.39, 0.29) is 11.5 Å². The minimum Gasteiger partial charge on any atom is -0.324 e. The first-order valence-corrected chi connectivity index (χ1v) is 11.0. The molecule has 3 aromatic heterocycles. The van der Waals surface area contributed by atoms with E-state index in [0.717, 1.165) is 21.8 Å². The van der Waals surface area contributed by atoms with E-state index in [9.17, 15) is 9.59 Å². The molecule has 3 heterocycles. The van der Waals surface area contributed by atoms with E-state index in [1.165, 1.54) is 10.7 Å². The van der Waals surface area contributed by atoms with Gasteiger partial charge in [-0.3, -0.25) is 14.0 Å². The molecule has 7 nitrogen and oxygen atoms in total. The maximum absolute atomic E-state index is 12.8. The number of rotatable bonds is 5. The third kappa shape index (κ3) is 3.83. The Hall–Kier alpha value is -4.04. The molecule has 0 aliphatic carbocycles. The SMILES string of the molecule is CC(C(=O)Nc1ccc(-c2cn3ccsc3n2)cc1)n1nc(-c2ccccc2)ccc1=O. The molecule has 0 spiro atoms. The van der Waals surface area contributed by atoms with Crippen molar-refractivity contribution in [3.05, 3.63) is 94.9 Å². The smallest absolute Gasteiger partial charge is 0.267 e. The molecule has 0 saturated carbocycles. The monoisotopic (exact) mass is 441 g/mol. The van der Waals surface area contributed by atoms with Crippen molar-refractivity contribution in [3.63, 3.8) is 0 Å². The summed E-state index contributed by atoms with van der Waals surface area (Å²) in [6.45, 7) is 1.66. The highest BCUT2D eigenvalue weighted by Gasteiger charge is 2.18. The van der Waals surface area contributed by atoms with E-state index >= 15 is 0 Å². The molecule has 8 heteroatoms. The topological polar surface area (TPSA) is 81.3 Å². The maximum atomic E-state index is 12.8. The number of thiazole rings is 1. The summed E-state index contributed by atoms with van der Waals surface area (Å²) in [5, 5.41) is 9.26. The summed E-state index contributed by atoms with van der Waals surface area (Å²) in [7, 11) is 0. The van der Waals surface area contributed by atoms with E-state index in [4.69, 9.17) is 0 Å². The Bertz CT molecular complexity index is 1420. The number of imidazole rings is 1. The summed E-state index contributed by atoms with van der Waals surface area (Å²) >= 11 is 1.58. The summed E-state index contributed by atoms with van der Waals surface area (Å²) in [6.07, 6.45) is 3.94. The standard InChI is InChI=1S/C24H19N5O2S/c1-16(29-22(30)12-11-20(27-29)17-5-3-2-4-6-17)23(31)25-19-9-7-18(8-10-19)21-15-28-13-14-32-24(28)26-21/h2-16H,1H3,(H,25,31). The molecule has 32 heavy (non-hydrogen) atoms. The van der Waals surface area contributed by atoms with Crippen LogP contribution in [0.1, 0.15) is 13.0 Å². The second-order valence-electron chi connectivity index (χ2n) is 7.33. The summed E-state index contributed by atoms with van der Waals surface area (Å²) in [5.74, 6) is -0.319. The third-order valence-electron chi connectivity index (χ3n) is 5.18. The van der Waals surface area contributed by atoms with Gasteiger partial charge in [-0.25, -0.2) is 9.67 Å². The molecule has 158 valence electrons. The Balaban J connectivity index is 1.33. The Labute approximate surface area is 187 Å². The fraction of sp³-hybridized carbons (Fsp3) is 0.0833. The van der Waals surface area contributed by atoms with Gasteiger partial charge in [0.1, 0.15) is 6.04 Å². The van der Waals surface area contributed by atoms with E-state index in [1.54, 1.807) is 24.3 Å². The first-order chi connectivity index (χ1) is 15.6. The largest absolute Gasteiger partial charge is 0.324 e. The number of nitrogens with one attached hydrogen (secondary N) is 1. The van der Waals surface area contributed by atoms with Crippen LogP contribution in [-0.4, -0.2) is 25.1 Å². The molecular weight excluding hydrogens is 422 g/mol. The predicted molar refractivity (Wildman–Crippen MR) is 126 cm³/mol. The van der Waals surface area contributed by atoms with Crippen molar-refractivity contribution in [3.8, 4) is 22.5 Å². The second kappa shape index (κ2) is 8.24. The van der Waals surface area contributed by atoms with Gasteiger partial charge in [-0.2, -0.15) is 5.10 Å². The Morgan fingerprint density at radius 3 is 2.47 bits per heavy atom. The molecule has 1 amide bonds. The van der Waals surface area contributed by atoms with Gasteiger partial charge in [0, 0.05) is 40.7 Å². The van der Waals surface area contributed by atoms with Crippen LogP contribution in [-0.2, 0) is 4.79 Å². The van der Waals surface area contributed by atoms with Crippen LogP contribution in [0.2, 0.25) is 0 Å². The summed E-state index contributed by atoms with van der Waals surface area (Å²) in [4.78, 5) is 30.7. The molecular formula is C24H19N5O2S. The number of anilines is 1. The van der Waals surface area contributed by atoms with Crippen molar-refractivity contribution in [2.75, 3.05) is 5.32 Å². The van der Waals surface area contributed by atoms with E-state index in [2.05, 4.69) is 15.4 Å². The average Bonchev–Trinajstić information content (AvgIpc) is 3.43. The van der Waals surface area contributed by atoms with Crippen LogP contribution < -0.4 is 10.9 Å². The zero-order chi connectivity index (χ0) is 22.1. The Morgan fingerprint density at radius 1 is 0.969 bits per heavy atom. The highest BCUT2D eigenvalue weighted by molar-refractivity contribution is 7.15. The van der Waals surface area contributed by atoms with Crippen molar-refractivity contribution in [2.24, 2.45) is 0 Å². The molecule has 0 saturated heterocycles. The van der Waals surface area contributed by atoms with Crippen LogP contribution in [0, 0.1) is 0 Å². The number of carbonyl (C=O) groups excluding carboxylic acids is 1. The van der Waals surface area contributed by atoms with Gasteiger partial charge in [0.25, 0.3) is 5.56 Å². The number of benzene rings is 2. The van der Waals surface area contributed by atoms with Gasteiger partial charge in [-0.1, -0.05) is 42.5 Å². The van der Waals surface area contributed by atoms with Crippen molar-refractivity contribution >= 4 is 27.9 Å². The van der Waals surface area contributed by atoms with Gasteiger partial charge in [-0.15, -0.1) is 11.3 Å². The van der Waals surface area contributed by atoms with Crippen molar-refractivity contribution in [1.82, 2.24) is 19.2 Å². The fourth-order valence-corrected chi connectivity index (χ4v) is 4.11. The average molecular weight is 442 g/mol. The van der Waals surface area contributed by atoms with Crippen molar-refractivity contribution in [2.45, 2.75) is 13.0 Å². The van der Waals surface area contributed by atoms with Crippen LogP contribution in [0.4, 0.5) is 5.69 Å². The minimum atomic E-state index is -0.772. The lowest BCUT2D eigenvalue weighted by Gasteiger charge is -2.15. The number of amides is 1. The highest BCUT2D eigenvalue weighted by Crippen LogP contribution is 2.23. The molecule has 5 aromatic rings. The number of hydrogen-bond donors (Lipinski definition) is 1. The van der Waals surface area contributed by atoms with Crippen LogP contribution in [0.5, 0.6) is 0 Å². The lowest BCUT2D eigenvalue weighted by atomic mass is 10.1. The number of carbonyl (C=O) groups is 1. The van der Waals surface area contributed by atoms with Crippen molar-refractivity contribution < 1.29 is 4.79 Å². The molecule has 1 unspecified atom stereocenters. The maximum Gasteiger partial charge on any atom is 0.267 e. The van der Waals surface area contributed by atoms with E-state index in [1.807, 2.05) is 76.8 Å². The highest BCUT2D eigenvalue weighted by atomic mass is 32.1. The second-order valence-corrected chi connectivity index (χ2v) is 8.20. The zero-order valence-corrected chi connectivity index (χ0v) is 18.0. The zero-order valence-electron chi connectivity index (χ0n) is 17.2. The lowest BCUT2D eigenvalue weighted by Crippen LogP contribution is -2.33. The lowest BCUT2D eigenvalue weighted by molar-refractivity contribution is -0.119. The van der Waals surface area contributed by atoms with Gasteiger partial charge < -0.3 is 5.32 Å². The van der Waals surface area contributed by atoms with Gasteiger partial charge in [0.15, 0.2) is 4.96 Å². The summed E-state index contributed by atoms with van der Waals surface area (Å²) in [6, 6.07) is 19.3. The molecule has 0 aliphatic heterocycles. The minimum absolute atomic E-state index is 0.319. The Kier molecular flexibility index (Phi) is 5.12. The molecule has 0 aliphatic rings. The first-order valence-electron chi connectivity index (χ1n) is 10.1. The molecule has 0 fully saturated rings. The fourth-order valence-electron chi connectivity index (χ4n) is 3.41. The first kappa shape index (κ1) is 19.9. The van der Waals surface area contributed by atoms with Crippen LogP contribution >= 0.6 is 11.3 Å². The number of hydrogen-bond acceptors (Lipinski definition) is 5. The summed E-state index contributed by atoms with van der Waals surface area (Å²) in [5.41, 5.74) is 3.65. The molecule has 1 atom stereocenters. The van der Waals surface area contributed by atoms with Gasteiger partial charge in [-0.05, 0) is 25.1 Å². The third-order valence-corrected chi connectivity index (χ3v) is 5.95. The van der Waals surface area contributed by atoms with Gasteiger partial charge in [0.2, 0.25) is 5.91 Å². The molecule has 5 rings (SSSR count). The van der Waals surface area contributed by atoms with Crippen LogP contribution in [0.3, 0.4) is 0 Å². The van der Waals surface area contributed by atoms with Gasteiger partial charge >= 0.3 is 0 Å². The van der Waals surface area contributed by atoms with Crippen LogP contribution in [0.25, 0.3) is 27.5 Å². The van der Waals surface area contributed by atoms with E-state index in [0.29, 0.717) is 11.4 Å². The van der Waals surface area contributed by atoms with E-state index < -0.39 is 6.04 Å². The predicted octanol–water partition coefficient (Wildman–Crippen LogP) is 4.49. The molecule has 0 bridgehead atoms. The Morgan fingerprint density at radius 2 is 1.72 bits per heavy atom. The molecule has 1 N–H and O–H groups in total. The quantitative estimate of drug-likeness (QED) is 0.436. The number of aromatic nitrogens is 4.